The summed E-state index contributed by atoms with van der Waals surface area (Å²) in [4.78, 5) is 33.1. The first-order valence-corrected chi connectivity index (χ1v) is 11.0. The third-order valence-electron chi connectivity index (χ3n) is 3.51. The number of carbonyl (C=O) groups excluding carboxylic acids is 2. The monoisotopic (exact) mass is 428 g/mol. The molecule has 0 aromatic carbocycles. The third kappa shape index (κ3) is 15.0. The van der Waals surface area contributed by atoms with Crippen molar-refractivity contribution >= 4 is 19.8 Å². The minimum Gasteiger partial charge on any atom is -0.462 e. The van der Waals surface area contributed by atoms with Gasteiger partial charge in [0.1, 0.15) is 12.7 Å². The lowest BCUT2D eigenvalue weighted by molar-refractivity contribution is -0.161. The molecule has 0 saturated carbocycles. The van der Waals surface area contributed by atoms with Crippen LogP contribution in [0, 0.1) is 0 Å². The highest BCUT2D eigenvalue weighted by molar-refractivity contribution is 7.47. The summed E-state index contributed by atoms with van der Waals surface area (Å²) in [6.45, 7) is 1.80. The highest BCUT2D eigenvalue weighted by Crippen LogP contribution is 2.43. The zero-order valence-corrected chi connectivity index (χ0v) is 17.5. The zero-order valence-electron chi connectivity index (χ0n) is 16.6. The van der Waals surface area contributed by atoms with Gasteiger partial charge in [0.15, 0.2) is 6.10 Å². The fourth-order valence-corrected chi connectivity index (χ4v) is 2.70. The van der Waals surface area contributed by atoms with Crippen molar-refractivity contribution in [2.75, 3.05) is 26.4 Å². The molecule has 0 rings (SSSR count). The average Bonchev–Trinajstić information content (AvgIpc) is 2.66. The molecule has 0 amide bonds. The van der Waals surface area contributed by atoms with E-state index in [4.69, 9.17) is 24.2 Å². The smallest absolute Gasteiger partial charge is 0.462 e. The van der Waals surface area contributed by atoms with Crippen molar-refractivity contribution in [1.82, 2.24) is 0 Å². The fourth-order valence-electron chi connectivity index (χ4n) is 1.91. The topological polar surface area (TPSA) is 149 Å². The molecule has 0 aliphatic carbocycles. The molecule has 3 atom stereocenters. The van der Waals surface area contributed by atoms with Gasteiger partial charge < -0.3 is 24.6 Å². The molecule has 3 N–H and O–H groups in total. The third-order valence-corrected chi connectivity index (χ3v) is 4.46. The molecule has 0 radical (unpaired) electrons. The van der Waals surface area contributed by atoms with Crippen molar-refractivity contribution in [3.8, 4) is 0 Å². The van der Waals surface area contributed by atoms with Crippen molar-refractivity contribution in [1.29, 1.82) is 0 Å². The molecule has 166 valence electrons. The first kappa shape index (κ1) is 27.0. The second-order valence-corrected chi connectivity index (χ2v) is 7.71. The van der Waals surface area contributed by atoms with Crippen molar-refractivity contribution in [3.05, 3.63) is 0 Å². The van der Waals surface area contributed by atoms with Gasteiger partial charge in [-0.25, -0.2) is 4.57 Å². The number of rotatable bonds is 17. The average molecular weight is 428 g/mol. The highest BCUT2D eigenvalue weighted by Gasteiger charge is 2.27. The molecular formula is C17H33O10P. The highest BCUT2D eigenvalue weighted by atomic mass is 31.2. The Hall–Kier alpha value is -1.03. The number of phosphoric ester groups is 1. The molecule has 0 fully saturated rings. The standard InChI is InChI=1S/C17H33O10P/c1-3-5-7-9-17(21)27-15(12-24-16(20)8-6-4-2)13-26-28(22,23)25-11-14(19)10-18/h14-15,18-19H,3-13H2,1-2H3,(H,22,23). The van der Waals surface area contributed by atoms with Crippen LogP contribution in [0.3, 0.4) is 0 Å². The number of hydrogen-bond acceptors (Lipinski definition) is 9. The van der Waals surface area contributed by atoms with Crippen LogP contribution < -0.4 is 0 Å². The Kier molecular flexibility index (Phi) is 15.3. The van der Waals surface area contributed by atoms with E-state index in [0.29, 0.717) is 12.8 Å². The Morgan fingerprint density at radius 1 is 0.929 bits per heavy atom. The van der Waals surface area contributed by atoms with E-state index in [1.807, 2.05) is 13.8 Å². The summed E-state index contributed by atoms with van der Waals surface area (Å²) in [5, 5.41) is 17.8. The number of hydrogen-bond donors (Lipinski definition) is 3. The predicted octanol–water partition coefficient (Wildman–Crippen LogP) is 1.70. The number of ether oxygens (including phenoxy) is 2. The molecule has 0 spiro atoms. The Morgan fingerprint density at radius 2 is 1.54 bits per heavy atom. The van der Waals surface area contributed by atoms with Crippen LogP contribution >= 0.6 is 7.82 Å². The van der Waals surface area contributed by atoms with Crippen LogP contribution in [0.4, 0.5) is 0 Å². The Balaban J connectivity index is 4.62. The molecule has 0 aromatic heterocycles. The van der Waals surface area contributed by atoms with Crippen molar-refractivity contribution in [2.45, 2.75) is 71.0 Å². The molecule has 0 heterocycles. The lowest BCUT2D eigenvalue weighted by atomic mass is 10.2. The predicted molar refractivity (Wildman–Crippen MR) is 99.3 cm³/mol. The van der Waals surface area contributed by atoms with Gasteiger partial charge in [0.05, 0.1) is 19.8 Å². The molecule has 3 unspecified atom stereocenters. The number of aliphatic hydroxyl groups is 2. The molecule has 0 saturated heterocycles. The van der Waals surface area contributed by atoms with Gasteiger partial charge in [-0.1, -0.05) is 33.1 Å². The van der Waals surface area contributed by atoms with Crippen LogP contribution in [-0.2, 0) is 32.7 Å². The van der Waals surface area contributed by atoms with E-state index in [2.05, 4.69) is 4.52 Å². The molecule has 28 heavy (non-hydrogen) atoms. The first-order valence-electron chi connectivity index (χ1n) is 9.49. The maximum atomic E-state index is 11.9. The Labute approximate surface area is 165 Å². The Morgan fingerprint density at radius 3 is 2.14 bits per heavy atom. The van der Waals surface area contributed by atoms with Gasteiger partial charge in [0.25, 0.3) is 0 Å². The second-order valence-electron chi connectivity index (χ2n) is 6.25. The maximum Gasteiger partial charge on any atom is 0.472 e. The van der Waals surface area contributed by atoms with E-state index in [1.165, 1.54) is 0 Å². The zero-order chi connectivity index (χ0) is 21.4. The van der Waals surface area contributed by atoms with Crippen LogP contribution in [-0.4, -0.2) is 65.7 Å². The number of unbranched alkanes of at least 4 members (excludes halogenated alkanes) is 3. The molecule has 0 aliphatic heterocycles. The summed E-state index contributed by atoms with van der Waals surface area (Å²) in [6, 6.07) is 0. The lowest BCUT2D eigenvalue weighted by Gasteiger charge is -2.20. The Bertz CT molecular complexity index is 485. The summed E-state index contributed by atoms with van der Waals surface area (Å²) < 4.78 is 31.3. The van der Waals surface area contributed by atoms with E-state index in [9.17, 15) is 19.0 Å². The van der Waals surface area contributed by atoms with Crippen molar-refractivity contribution < 1.29 is 47.8 Å². The van der Waals surface area contributed by atoms with Gasteiger partial charge >= 0.3 is 19.8 Å². The van der Waals surface area contributed by atoms with Crippen LogP contribution in [0.2, 0.25) is 0 Å². The first-order chi connectivity index (χ1) is 13.2. The van der Waals surface area contributed by atoms with Gasteiger partial charge in [0, 0.05) is 12.8 Å². The summed E-state index contributed by atoms with van der Waals surface area (Å²) in [6.07, 6.45) is 1.87. The number of phosphoric acid groups is 1. The fraction of sp³-hybridized carbons (Fsp3) is 0.882. The van der Waals surface area contributed by atoms with E-state index in [1.54, 1.807) is 0 Å². The summed E-state index contributed by atoms with van der Waals surface area (Å²) in [7, 11) is -4.55. The van der Waals surface area contributed by atoms with Gasteiger partial charge in [-0.05, 0) is 12.8 Å². The number of aliphatic hydroxyl groups excluding tert-OH is 2. The molecule has 0 bridgehead atoms. The molecular weight excluding hydrogens is 395 g/mol. The largest absolute Gasteiger partial charge is 0.472 e. The number of esters is 2. The summed E-state index contributed by atoms with van der Waals surface area (Å²) in [5.41, 5.74) is 0. The van der Waals surface area contributed by atoms with E-state index in [0.717, 1.165) is 19.3 Å². The van der Waals surface area contributed by atoms with E-state index >= 15 is 0 Å². The molecule has 11 heteroatoms. The minimum absolute atomic E-state index is 0.171. The second kappa shape index (κ2) is 15.8. The van der Waals surface area contributed by atoms with Crippen LogP contribution in [0.1, 0.15) is 58.8 Å². The van der Waals surface area contributed by atoms with Gasteiger partial charge in [-0.2, -0.15) is 0 Å². The maximum absolute atomic E-state index is 11.9. The van der Waals surface area contributed by atoms with Crippen LogP contribution in [0.15, 0.2) is 0 Å². The van der Waals surface area contributed by atoms with E-state index < -0.39 is 51.8 Å². The molecule has 10 nitrogen and oxygen atoms in total. The minimum atomic E-state index is -4.55. The molecule has 0 aromatic rings. The van der Waals surface area contributed by atoms with Crippen molar-refractivity contribution in [2.24, 2.45) is 0 Å². The van der Waals surface area contributed by atoms with Gasteiger partial charge in [-0.15, -0.1) is 0 Å². The number of carbonyl (C=O) groups is 2. The van der Waals surface area contributed by atoms with E-state index in [-0.39, 0.29) is 19.4 Å². The summed E-state index contributed by atoms with van der Waals surface area (Å²) >= 11 is 0. The molecule has 0 aliphatic rings. The van der Waals surface area contributed by atoms with Crippen LogP contribution in [0.5, 0.6) is 0 Å². The quantitative estimate of drug-likeness (QED) is 0.177. The van der Waals surface area contributed by atoms with Gasteiger partial charge in [-0.3, -0.25) is 18.6 Å². The van der Waals surface area contributed by atoms with Crippen molar-refractivity contribution in [3.63, 3.8) is 0 Å². The summed E-state index contributed by atoms with van der Waals surface area (Å²) in [5.74, 6) is -1.00. The lowest BCUT2D eigenvalue weighted by Crippen LogP contribution is -2.29. The van der Waals surface area contributed by atoms with Gasteiger partial charge in [0.2, 0.25) is 0 Å². The SMILES string of the molecule is CCCCCC(=O)OC(COC(=O)CCCC)COP(=O)(O)OCC(O)CO. The van der Waals surface area contributed by atoms with Crippen LogP contribution in [0.25, 0.3) is 0 Å². The normalized spacial score (nSPS) is 15.5.